The summed E-state index contributed by atoms with van der Waals surface area (Å²) in [5.41, 5.74) is 1.44. The predicted octanol–water partition coefficient (Wildman–Crippen LogP) is 4.89. The largest absolute Gasteiger partial charge is 0.496 e. The second-order valence-corrected chi connectivity index (χ2v) is 10.1. The minimum atomic E-state index is -3.38. The van der Waals surface area contributed by atoms with E-state index in [2.05, 4.69) is 9.71 Å². The van der Waals surface area contributed by atoms with Gasteiger partial charge in [-0.2, -0.15) is 0 Å². The maximum atomic E-state index is 14.0. The minimum Gasteiger partial charge on any atom is -0.496 e. The van der Waals surface area contributed by atoms with Gasteiger partial charge in [0, 0.05) is 28.6 Å². The van der Waals surface area contributed by atoms with Gasteiger partial charge in [-0.1, -0.05) is 24.3 Å². The number of alkyl halides is 2. The molecule has 0 unspecified atom stereocenters. The zero-order valence-corrected chi connectivity index (χ0v) is 19.5. The number of anilines is 1. The van der Waals surface area contributed by atoms with Crippen LogP contribution in [0, 0.1) is 0 Å². The smallest absolute Gasteiger partial charge is 0.255 e. The molecule has 1 aliphatic rings. The summed E-state index contributed by atoms with van der Waals surface area (Å²) in [7, 11) is -1.94. The zero-order valence-electron chi connectivity index (χ0n) is 18.6. The molecule has 0 radical (unpaired) electrons. The highest BCUT2D eigenvalue weighted by molar-refractivity contribution is 7.92. The number of hydrogen-bond acceptors (Lipinski definition) is 4. The molecule has 1 aromatic heterocycles. The molecule has 4 rings (SSSR count). The summed E-state index contributed by atoms with van der Waals surface area (Å²) >= 11 is 0. The highest BCUT2D eigenvalue weighted by atomic mass is 32.2. The van der Waals surface area contributed by atoms with Crippen molar-refractivity contribution in [2.75, 3.05) is 18.1 Å². The second-order valence-electron chi connectivity index (χ2n) is 8.35. The van der Waals surface area contributed by atoms with Gasteiger partial charge in [-0.15, -0.1) is 0 Å². The molecule has 2 aromatic carbocycles. The number of halogens is 2. The number of aromatic nitrogens is 1. The van der Waals surface area contributed by atoms with Gasteiger partial charge in [0.15, 0.2) is 0 Å². The molecule has 1 fully saturated rings. The van der Waals surface area contributed by atoms with Crippen molar-refractivity contribution < 1.29 is 21.9 Å². The monoisotopic (exact) mass is 486 g/mol. The molecular formula is C25H24F2N2O4S. The molecule has 1 aliphatic carbocycles. The molecule has 0 saturated heterocycles. The first-order valence-electron chi connectivity index (χ1n) is 10.6. The lowest BCUT2D eigenvalue weighted by molar-refractivity contribution is 0.100. The Balaban J connectivity index is 1.79. The topological polar surface area (TPSA) is 88.3 Å². The van der Waals surface area contributed by atoms with E-state index in [0.29, 0.717) is 46.5 Å². The first-order valence-corrected chi connectivity index (χ1v) is 12.5. The molecule has 178 valence electrons. The zero-order chi connectivity index (χ0) is 24.5. The fourth-order valence-electron chi connectivity index (χ4n) is 3.98. The van der Waals surface area contributed by atoms with Crippen molar-refractivity contribution in [3.63, 3.8) is 0 Å². The van der Waals surface area contributed by atoms with Gasteiger partial charge in [0.25, 0.3) is 5.56 Å². The van der Waals surface area contributed by atoms with Crippen molar-refractivity contribution in [2.45, 2.75) is 24.7 Å². The second kappa shape index (κ2) is 9.06. The molecule has 6 nitrogen and oxygen atoms in total. The van der Waals surface area contributed by atoms with Crippen LogP contribution >= 0.6 is 0 Å². The Morgan fingerprint density at radius 2 is 1.82 bits per heavy atom. The third-order valence-corrected chi connectivity index (χ3v) is 6.47. The summed E-state index contributed by atoms with van der Waals surface area (Å²) in [4.78, 5) is 15.0. The van der Waals surface area contributed by atoms with Crippen molar-refractivity contribution in [3.8, 4) is 16.9 Å². The van der Waals surface area contributed by atoms with Gasteiger partial charge in [-0.3, -0.25) is 9.52 Å². The Labute approximate surface area is 196 Å². The van der Waals surface area contributed by atoms with Crippen molar-refractivity contribution in [2.24, 2.45) is 0 Å². The number of methoxy groups -OCH3 is 1. The summed E-state index contributed by atoms with van der Waals surface area (Å²) in [5.74, 6) is 0.348. The van der Waals surface area contributed by atoms with E-state index in [-0.39, 0.29) is 5.56 Å². The lowest BCUT2D eigenvalue weighted by Crippen LogP contribution is -2.19. The van der Waals surface area contributed by atoms with Crippen molar-refractivity contribution in [1.82, 2.24) is 4.98 Å². The van der Waals surface area contributed by atoms with Crippen LogP contribution in [0.4, 0.5) is 14.5 Å². The van der Waals surface area contributed by atoms with E-state index in [0.717, 1.165) is 11.8 Å². The van der Waals surface area contributed by atoms with Gasteiger partial charge in [0.05, 0.1) is 18.8 Å². The van der Waals surface area contributed by atoms with Crippen molar-refractivity contribution >= 4 is 27.9 Å². The van der Waals surface area contributed by atoms with Crippen LogP contribution in [-0.4, -0.2) is 33.2 Å². The SMILES string of the molecule is COc1c(/C=C/c2ccc(NS(C)(=O)=O)cc2)cc(-c2ccc[nH]c2=O)cc1C1(C(F)F)CC1. The summed E-state index contributed by atoms with van der Waals surface area (Å²) in [6.07, 6.45) is 4.22. The first kappa shape index (κ1) is 23.7. The van der Waals surface area contributed by atoms with Crippen LogP contribution in [0.3, 0.4) is 0 Å². The van der Waals surface area contributed by atoms with E-state index in [1.807, 2.05) is 0 Å². The fraction of sp³-hybridized carbons (Fsp3) is 0.240. The standard InChI is InChI=1S/C25H24F2N2O4S/c1-33-22-17(8-5-16-6-9-19(10-7-16)29-34(2,31)32)14-18(20-4-3-13-28-23(20)30)15-21(22)25(11-12-25)24(26)27/h3-10,13-15,24,29H,11-12H2,1-2H3,(H,28,30)/b8-5+. The van der Waals surface area contributed by atoms with Crippen LogP contribution in [0.2, 0.25) is 0 Å². The van der Waals surface area contributed by atoms with E-state index < -0.39 is 21.9 Å². The number of sulfonamides is 1. The maximum Gasteiger partial charge on any atom is 0.255 e. The molecule has 3 aromatic rings. The Morgan fingerprint density at radius 1 is 1.12 bits per heavy atom. The summed E-state index contributed by atoms with van der Waals surface area (Å²) in [6.45, 7) is 0. The number of benzene rings is 2. The average molecular weight is 487 g/mol. The third kappa shape index (κ3) is 4.89. The summed E-state index contributed by atoms with van der Waals surface area (Å²) < 4.78 is 58.8. The summed E-state index contributed by atoms with van der Waals surface area (Å²) in [6, 6.07) is 13.4. The quantitative estimate of drug-likeness (QED) is 0.444. The number of aromatic amines is 1. The maximum absolute atomic E-state index is 14.0. The highest BCUT2D eigenvalue weighted by Crippen LogP contribution is 2.56. The van der Waals surface area contributed by atoms with E-state index in [4.69, 9.17) is 4.74 Å². The van der Waals surface area contributed by atoms with Gasteiger partial charge in [0.1, 0.15) is 5.75 Å². The van der Waals surface area contributed by atoms with Crippen LogP contribution < -0.4 is 15.0 Å². The molecule has 0 atom stereocenters. The van der Waals surface area contributed by atoms with Gasteiger partial charge >= 0.3 is 0 Å². The predicted molar refractivity (Wildman–Crippen MR) is 130 cm³/mol. The molecule has 0 bridgehead atoms. The molecule has 34 heavy (non-hydrogen) atoms. The van der Waals surface area contributed by atoms with Gasteiger partial charge in [-0.25, -0.2) is 17.2 Å². The lowest BCUT2D eigenvalue weighted by atomic mass is 9.89. The molecule has 0 spiro atoms. The number of hydrogen-bond donors (Lipinski definition) is 2. The first-order chi connectivity index (χ1) is 16.1. The van der Waals surface area contributed by atoms with Gasteiger partial charge in [0.2, 0.25) is 16.4 Å². The Hall–Kier alpha value is -3.46. The lowest BCUT2D eigenvalue weighted by Gasteiger charge is -2.21. The highest BCUT2D eigenvalue weighted by Gasteiger charge is 2.54. The number of nitrogens with one attached hydrogen (secondary N) is 2. The van der Waals surface area contributed by atoms with Gasteiger partial charge < -0.3 is 9.72 Å². The molecule has 9 heteroatoms. The molecular weight excluding hydrogens is 462 g/mol. The average Bonchev–Trinajstić information content (AvgIpc) is 3.59. The van der Waals surface area contributed by atoms with Crippen LogP contribution in [0.1, 0.15) is 29.5 Å². The Kier molecular flexibility index (Phi) is 6.31. The van der Waals surface area contributed by atoms with E-state index in [9.17, 15) is 22.0 Å². The van der Waals surface area contributed by atoms with Crippen LogP contribution in [0.25, 0.3) is 23.3 Å². The number of pyridine rings is 1. The normalized spacial score (nSPS) is 15.0. The number of H-pyrrole nitrogens is 1. The van der Waals surface area contributed by atoms with Crippen LogP contribution in [0.15, 0.2) is 59.5 Å². The van der Waals surface area contributed by atoms with Crippen LogP contribution in [-0.2, 0) is 15.4 Å². The van der Waals surface area contributed by atoms with Crippen molar-refractivity contribution in [1.29, 1.82) is 0 Å². The molecule has 0 amide bonds. The Bertz CT molecular complexity index is 1390. The van der Waals surface area contributed by atoms with E-state index in [1.165, 1.54) is 13.3 Å². The van der Waals surface area contributed by atoms with E-state index >= 15 is 0 Å². The molecule has 0 aliphatic heterocycles. The third-order valence-electron chi connectivity index (χ3n) is 5.86. The molecule has 1 saturated carbocycles. The number of ether oxygens (including phenoxy) is 1. The fourth-order valence-corrected chi connectivity index (χ4v) is 4.54. The van der Waals surface area contributed by atoms with Crippen LogP contribution in [0.5, 0.6) is 5.75 Å². The molecule has 1 heterocycles. The number of rotatable bonds is 8. The summed E-state index contributed by atoms with van der Waals surface area (Å²) in [5, 5.41) is 0. The van der Waals surface area contributed by atoms with Crippen molar-refractivity contribution in [3.05, 3.63) is 81.8 Å². The minimum absolute atomic E-state index is 0.315. The molecule has 2 N–H and O–H groups in total. The van der Waals surface area contributed by atoms with E-state index in [1.54, 1.807) is 60.7 Å². The van der Waals surface area contributed by atoms with Gasteiger partial charge in [-0.05, 0) is 60.4 Å². The Morgan fingerprint density at radius 3 is 2.38 bits per heavy atom.